The molecule has 8 heteroatoms. The average molecular weight is 567 g/mol. The van der Waals surface area contributed by atoms with Gasteiger partial charge < -0.3 is 20.4 Å². The maximum atomic E-state index is 13.5. The third-order valence-electron chi connectivity index (χ3n) is 7.60. The van der Waals surface area contributed by atoms with Crippen LogP contribution >= 0.6 is 11.8 Å². The Morgan fingerprint density at radius 1 is 0.925 bits per heavy atom. The van der Waals surface area contributed by atoms with Gasteiger partial charge >= 0.3 is 6.03 Å². The molecule has 0 radical (unpaired) electrons. The lowest BCUT2D eigenvalue weighted by Gasteiger charge is -2.31. The van der Waals surface area contributed by atoms with Crippen molar-refractivity contribution in [1.29, 1.82) is 0 Å². The summed E-state index contributed by atoms with van der Waals surface area (Å²) in [4.78, 5) is 42.5. The first-order chi connectivity index (χ1) is 19.3. The summed E-state index contributed by atoms with van der Waals surface area (Å²) in [6, 6.07) is 17.7. The first kappa shape index (κ1) is 31.7. The molecule has 0 bridgehead atoms. The van der Waals surface area contributed by atoms with Crippen LogP contribution in [0.5, 0.6) is 0 Å². The lowest BCUT2D eigenvalue weighted by Crippen LogP contribution is -2.53. The molecule has 1 atom stereocenters. The van der Waals surface area contributed by atoms with Crippen molar-refractivity contribution in [1.82, 2.24) is 20.4 Å². The predicted octanol–water partition coefficient (Wildman–Crippen LogP) is 4.82. The standard InChI is InChI=1S/C32H46N4O3S/c1-25-14-16-28(17-15-25)24-30(31(38)33-19-21-35(3)29-12-8-5-9-13-29)34-32(39)36(22-23-40-26(2)37)20-18-27-10-6-4-7-11-27/h4,6-7,10-11,14-17,29-30H,5,8-9,12-13,18-24H2,1-3H3,(H,33,38)(H,34,39)/t30-/m0/s1. The number of benzene rings is 2. The summed E-state index contributed by atoms with van der Waals surface area (Å²) in [6.07, 6.45) is 7.41. The lowest BCUT2D eigenvalue weighted by molar-refractivity contribution is -0.123. The van der Waals surface area contributed by atoms with Crippen molar-refractivity contribution in [2.45, 2.75) is 70.9 Å². The molecule has 1 aliphatic carbocycles. The van der Waals surface area contributed by atoms with E-state index in [0.717, 1.165) is 23.2 Å². The van der Waals surface area contributed by atoms with E-state index in [2.05, 4.69) is 22.6 Å². The maximum Gasteiger partial charge on any atom is 0.318 e. The van der Waals surface area contributed by atoms with E-state index in [1.807, 2.05) is 61.5 Å². The molecular weight excluding hydrogens is 520 g/mol. The van der Waals surface area contributed by atoms with Crippen molar-refractivity contribution in [3.63, 3.8) is 0 Å². The molecule has 1 aliphatic rings. The summed E-state index contributed by atoms with van der Waals surface area (Å²) in [5, 5.41) is 6.13. The highest BCUT2D eigenvalue weighted by Crippen LogP contribution is 2.21. The van der Waals surface area contributed by atoms with Crippen LogP contribution in [0.4, 0.5) is 4.79 Å². The molecule has 3 amide bonds. The van der Waals surface area contributed by atoms with E-state index in [1.165, 1.54) is 50.8 Å². The van der Waals surface area contributed by atoms with E-state index in [4.69, 9.17) is 0 Å². The van der Waals surface area contributed by atoms with Gasteiger partial charge in [-0.15, -0.1) is 0 Å². The molecule has 218 valence electrons. The van der Waals surface area contributed by atoms with E-state index in [9.17, 15) is 14.4 Å². The number of nitrogens with zero attached hydrogens (tertiary/aromatic N) is 2. The van der Waals surface area contributed by atoms with Gasteiger partial charge in [0.15, 0.2) is 5.12 Å². The predicted molar refractivity (Wildman–Crippen MR) is 165 cm³/mol. The minimum atomic E-state index is -0.699. The maximum absolute atomic E-state index is 13.5. The van der Waals surface area contributed by atoms with Crippen LogP contribution in [0.2, 0.25) is 0 Å². The van der Waals surface area contributed by atoms with Gasteiger partial charge in [0.05, 0.1) is 0 Å². The lowest BCUT2D eigenvalue weighted by atomic mass is 9.94. The first-order valence-corrected chi connectivity index (χ1v) is 15.6. The van der Waals surface area contributed by atoms with Gasteiger partial charge in [0.25, 0.3) is 0 Å². The monoisotopic (exact) mass is 566 g/mol. The zero-order valence-corrected chi connectivity index (χ0v) is 25.2. The van der Waals surface area contributed by atoms with Crippen LogP contribution in [0.15, 0.2) is 54.6 Å². The van der Waals surface area contributed by atoms with Gasteiger partial charge in [-0.1, -0.05) is 91.2 Å². The fourth-order valence-electron chi connectivity index (χ4n) is 5.12. The van der Waals surface area contributed by atoms with E-state index in [0.29, 0.717) is 44.3 Å². The van der Waals surface area contributed by atoms with Gasteiger partial charge in [-0.25, -0.2) is 4.79 Å². The quantitative estimate of drug-likeness (QED) is 0.343. The zero-order valence-electron chi connectivity index (χ0n) is 24.4. The van der Waals surface area contributed by atoms with Crippen molar-refractivity contribution in [2.75, 3.05) is 39.0 Å². The molecule has 0 spiro atoms. The number of amides is 3. The van der Waals surface area contributed by atoms with Gasteiger partial charge in [-0.05, 0) is 44.4 Å². The number of urea groups is 1. The van der Waals surface area contributed by atoms with Crippen LogP contribution in [-0.4, -0.2) is 77.9 Å². The molecule has 3 rings (SSSR count). The second kappa shape index (κ2) is 17.1. The molecule has 0 saturated heterocycles. The second-order valence-electron chi connectivity index (χ2n) is 10.8. The van der Waals surface area contributed by atoms with Crippen LogP contribution < -0.4 is 10.6 Å². The number of aryl methyl sites for hydroxylation is 1. The van der Waals surface area contributed by atoms with Crippen molar-refractivity contribution < 1.29 is 14.4 Å². The molecular formula is C32H46N4O3S. The molecule has 0 heterocycles. The number of likely N-dealkylation sites (N-methyl/N-ethyl adjacent to an activating group) is 1. The van der Waals surface area contributed by atoms with E-state index in [1.54, 1.807) is 4.90 Å². The summed E-state index contributed by atoms with van der Waals surface area (Å²) in [5.41, 5.74) is 3.28. The number of hydrogen-bond donors (Lipinski definition) is 2. The van der Waals surface area contributed by atoms with Crippen LogP contribution in [0.3, 0.4) is 0 Å². The molecule has 1 saturated carbocycles. The Bertz CT molecular complexity index is 1060. The van der Waals surface area contributed by atoms with Gasteiger partial charge in [0.2, 0.25) is 5.91 Å². The average Bonchev–Trinajstić information content (AvgIpc) is 2.96. The third kappa shape index (κ3) is 11.3. The molecule has 40 heavy (non-hydrogen) atoms. The van der Waals surface area contributed by atoms with Crippen molar-refractivity contribution in [3.05, 3.63) is 71.3 Å². The summed E-state index contributed by atoms with van der Waals surface area (Å²) in [6.45, 7) is 5.81. The molecule has 7 nitrogen and oxygen atoms in total. The highest BCUT2D eigenvalue weighted by molar-refractivity contribution is 8.13. The second-order valence-corrected chi connectivity index (χ2v) is 12.1. The summed E-state index contributed by atoms with van der Waals surface area (Å²) in [7, 11) is 2.14. The Balaban J connectivity index is 1.65. The smallest absolute Gasteiger partial charge is 0.318 e. The van der Waals surface area contributed by atoms with Crippen LogP contribution in [0.25, 0.3) is 0 Å². The molecule has 1 fully saturated rings. The van der Waals surface area contributed by atoms with Gasteiger partial charge in [-0.3, -0.25) is 9.59 Å². The Labute approximate surface area is 244 Å². The fraction of sp³-hybridized carbons (Fsp3) is 0.531. The highest BCUT2D eigenvalue weighted by Gasteiger charge is 2.25. The fourth-order valence-corrected chi connectivity index (χ4v) is 5.71. The minimum absolute atomic E-state index is 0.0261. The normalized spacial score (nSPS) is 14.5. The molecule has 0 aromatic heterocycles. The van der Waals surface area contributed by atoms with Crippen LogP contribution in [-0.2, 0) is 22.4 Å². The first-order valence-electron chi connectivity index (χ1n) is 14.6. The van der Waals surface area contributed by atoms with Crippen molar-refractivity contribution >= 4 is 28.8 Å². The molecule has 0 unspecified atom stereocenters. The summed E-state index contributed by atoms with van der Waals surface area (Å²) < 4.78 is 0. The summed E-state index contributed by atoms with van der Waals surface area (Å²) in [5.74, 6) is 0.340. The largest absolute Gasteiger partial charge is 0.353 e. The number of carbonyl (C=O) groups is 3. The number of rotatable bonds is 14. The van der Waals surface area contributed by atoms with Crippen LogP contribution in [0.1, 0.15) is 55.7 Å². The van der Waals surface area contributed by atoms with Gasteiger partial charge in [0.1, 0.15) is 6.04 Å². The summed E-state index contributed by atoms with van der Waals surface area (Å²) >= 11 is 1.21. The number of carbonyl (C=O) groups excluding carboxylic acids is 3. The SMILES string of the molecule is CC(=O)SCCN(CCc1ccccc1)C(=O)N[C@@H](Cc1ccc(C)cc1)C(=O)NCCN(C)C1CCCCC1. The van der Waals surface area contributed by atoms with Crippen molar-refractivity contribution in [2.24, 2.45) is 0 Å². The Kier molecular flexibility index (Phi) is 13.5. The van der Waals surface area contributed by atoms with Crippen LogP contribution in [0, 0.1) is 6.92 Å². The molecule has 2 aromatic rings. The molecule has 0 aliphatic heterocycles. The Morgan fingerprint density at radius 3 is 2.30 bits per heavy atom. The third-order valence-corrected chi connectivity index (χ3v) is 8.40. The van der Waals surface area contributed by atoms with Gasteiger partial charge in [0, 0.05) is 51.3 Å². The number of hydrogen-bond acceptors (Lipinski definition) is 5. The molecule has 2 aromatic carbocycles. The number of thioether (sulfide) groups is 1. The Hall–Kier alpha value is -2.84. The van der Waals surface area contributed by atoms with E-state index in [-0.39, 0.29) is 17.1 Å². The van der Waals surface area contributed by atoms with Gasteiger partial charge in [-0.2, -0.15) is 0 Å². The topological polar surface area (TPSA) is 81.8 Å². The number of nitrogens with one attached hydrogen (secondary N) is 2. The highest BCUT2D eigenvalue weighted by atomic mass is 32.2. The molecule has 2 N–H and O–H groups in total. The zero-order chi connectivity index (χ0) is 28.7. The van der Waals surface area contributed by atoms with Crippen molar-refractivity contribution in [3.8, 4) is 0 Å². The minimum Gasteiger partial charge on any atom is -0.353 e. The van der Waals surface area contributed by atoms with E-state index >= 15 is 0 Å². The Morgan fingerprint density at radius 2 is 1.62 bits per heavy atom. The van der Waals surface area contributed by atoms with E-state index < -0.39 is 6.04 Å².